The molecule has 3 rings (SSSR count). The Kier molecular flexibility index (Phi) is 4.41. The van der Waals surface area contributed by atoms with Crippen molar-refractivity contribution >= 4 is 5.82 Å². The van der Waals surface area contributed by atoms with Gasteiger partial charge < -0.3 is 15.0 Å². The maximum atomic E-state index is 12.7. The minimum Gasteiger partial charge on any atom is -0.369 e. The van der Waals surface area contributed by atoms with Gasteiger partial charge in [-0.3, -0.25) is 0 Å². The number of nitrogens with zero attached hydrogens (tertiary/aromatic N) is 2. The van der Waals surface area contributed by atoms with Gasteiger partial charge in [-0.05, 0) is 24.6 Å². The van der Waals surface area contributed by atoms with Gasteiger partial charge in [0.2, 0.25) is 0 Å². The zero-order chi connectivity index (χ0) is 16.4. The molecule has 3 heterocycles. The van der Waals surface area contributed by atoms with E-state index in [1.807, 2.05) is 24.0 Å². The van der Waals surface area contributed by atoms with E-state index in [9.17, 15) is 13.2 Å². The monoisotopic (exact) mass is 325 g/mol. The highest BCUT2D eigenvalue weighted by Crippen LogP contribution is 2.31. The van der Waals surface area contributed by atoms with E-state index in [2.05, 4.69) is 10.3 Å². The van der Waals surface area contributed by atoms with Gasteiger partial charge >= 0.3 is 6.18 Å². The van der Waals surface area contributed by atoms with E-state index in [4.69, 9.17) is 4.74 Å². The summed E-state index contributed by atoms with van der Waals surface area (Å²) in [6.45, 7) is 4.62. The van der Waals surface area contributed by atoms with E-state index in [0.717, 1.165) is 30.1 Å². The lowest BCUT2D eigenvalue weighted by Gasteiger charge is -2.36. The quantitative estimate of drug-likeness (QED) is 0.907. The molecule has 0 spiro atoms. The number of aromatic nitrogens is 1. The molecule has 1 aromatic heterocycles. The molecule has 4 nitrogen and oxygen atoms in total. The standard InChI is InChI=1S/C16H18F3N3O/c1-11-3-2-7-22(15(11)13-10-20-6-8-23-13)14-5-4-12(9-21-14)16(17,18)19/h2-5,9,13,20H,6-8,10H2,1H3. The molecule has 124 valence electrons. The Morgan fingerprint density at radius 3 is 2.78 bits per heavy atom. The molecule has 2 aliphatic rings. The highest BCUT2D eigenvalue weighted by atomic mass is 19.4. The Hall–Kier alpha value is -1.86. The molecule has 1 saturated heterocycles. The van der Waals surface area contributed by atoms with Gasteiger partial charge in [0.15, 0.2) is 0 Å². The van der Waals surface area contributed by atoms with Crippen molar-refractivity contribution in [3.63, 3.8) is 0 Å². The summed E-state index contributed by atoms with van der Waals surface area (Å²) < 4.78 is 43.9. The Bertz CT molecular complexity index is 616. The maximum Gasteiger partial charge on any atom is 0.417 e. The second-order valence-electron chi connectivity index (χ2n) is 5.55. The summed E-state index contributed by atoms with van der Waals surface area (Å²) in [5.41, 5.74) is 1.24. The van der Waals surface area contributed by atoms with Gasteiger partial charge in [-0.2, -0.15) is 13.2 Å². The van der Waals surface area contributed by atoms with Crippen molar-refractivity contribution in [3.05, 3.63) is 47.3 Å². The van der Waals surface area contributed by atoms with E-state index in [0.29, 0.717) is 25.5 Å². The molecule has 2 aliphatic heterocycles. The third-order valence-corrected chi connectivity index (χ3v) is 3.93. The minimum atomic E-state index is -4.38. The number of anilines is 1. The number of morpholine rings is 1. The first-order valence-electron chi connectivity index (χ1n) is 7.47. The zero-order valence-corrected chi connectivity index (χ0v) is 12.7. The highest BCUT2D eigenvalue weighted by Gasteiger charge is 2.32. The molecule has 0 aromatic carbocycles. The van der Waals surface area contributed by atoms with Crippen LogP contribution >= 0.6 is 0 Å². The molecule has 7 heteroatoms. The summed E-state index contributed by atoms with van der Waals surface area (Å²) in [5.74, 6) is 0.492. The molecule has 1 atom stereocenters. The summed E-state index contributed by atoms with van der Waals surface area (Å²) in [5, 5.41) is 3.27. The highest BCUT2D eigenvalue weighted by molar-refractivity contribution is 5.53. The van der Waals surface area contributed by atoms with Crippen LogP contribution in [-0.2, 0) is 10.9 Å². The van der Waals surface area contributed by atoms with Gasteiger partial charge in [0.25, 0.3) is 0 Å². The summed E-state index contributed by atoms with van der Waals surface area (Å²) in [7, 11) is 0. The molecule has 1 aromatic rings. The van der Waals surface area contributed by atoms with E-state index in [-0.39, 0.29) is 6.10 Å². The fraction of sp³-hybridized carbons (Fsp3) is 0.438. The van der Waals surface area contributed by atoms with Crippen molar-refractivity contribution in [3.8, 4) is 0 Å². The second-order valence-corrected chi connectivity index (χ2v) is 5.55. The van der Waals surface area contributed by atoms with Crippen LogP contribution < -0.4 is 10.2 Å². The van der Waals surface area contributed by atoms with E-state index in [1.54, 1.807) is 0 Å². The average molecular weight is 325 g/mol. The molecule has 1 fully saturated rings. The van der Waals surface area contributed by atoms with Crippen LogP contribution in [0.15, 0.2) is 41.8 Å². The number of halogens is 3. The van der Waals surface area contributed by atoms with Gasteiger partial charge in [0.1, 0.15) is 11.9 Å². The topological polar surface area (TPSA) is 37.4 Å². The average Bonchev–Trinajstić information content (AvgIpc) is 2.55. The smallest absolute Gasteiger partial charge is 0.369 e. The number of allylic oxidation sites excluding steroid dienone is 2. The number of alkyl halides is 3. The van der Waals surface area contributed by atoms with Gasteiger partial charge in [-0.1, -0.05) is 12.2 Å². The van der Waals surface area contributed by atoms with Crippen molar-refractivity contribution in [1.82, 2.24) is 10.3 Å². The molecule has 0 saturated carbocycles. The Labute approximate surface area is 132 Å². The number of rotatable bonds is 2. The van der Waals surface area contributed by atoms with Crippen LogP contribution in [0.3, 0.4) is 0 Å². The van der Waals surface area contributed by atoms with Gasteiger partial charge in [-0.25, -0.2) is 4.98 Å². The zero-order valence-electron chi connectivity index (χ0n) is 12.7. The summed E-state index contributed by atoms with van der Waals surface area (Å²) >= 11 is 0. The maximum absolute atomic E-state index is 12.7. The van der Waals surface area contributed by atoms with Crippen LogP contribution in [0.4, 0.5) is 19.0 Å². The number of ether oxygens (including phenoxy) is 1. The Morgan fingerprint density at radius 2 is 2.17 bits per heavy atom. The van der Waals surface area contributed by atoms with Crippen LogP contribution in [0.5, 0.6) is 0 Å². The Morgan fingerprint density at radius 1 is 1.35 bits per heavy atom. The van der Waals surface area contributed by atoms with Crippen molar-refractivity contribution in [1.29, 1.82) is 0 Å². The largest absolute Gasteiger partial charge is 0.417 e. The van der Waals surface area contributed by atoms with E-state index >= 15 is 0 Å². The van der Waals surface area contributed by atoms with Crippen molar-refractivity contribution in [2.75, 3.05) is 31.1 Å². The molecular formula is C16H18F3N3O. The van der Waals surface area contributed by atoms with Crippen LogP contribution in [0, 0.1) is 0 Å². The fourth-order valence-electron chi connectivity index (χ4n) is 2.83. The number of hydrogen-bond acceptors (Lipinski definition) is 4. The first-order valence-corrected chi connectivity index (χ1v) is 7.47. The predicted octanol–water partition coefficient (Wildman–Crippen LogP) is 2.74. The van der Waals surface area contributed by atoms with Gasteiger partial charge in [-0.15, -0.1) is 0 Å². The summed E-state index contributed by atoms with van der Waals surface area (Å²) in [6, 6.07) is 2.47. The van der Waals surface area contributed by atoms with Crippen LogP contribution in [-0.4, -0.2) is 37.3 Å². The molecule has 1 unspecified atom stereocenters. The van der Waals surface area contributed by atoms with Crippen molar-refractivity contribution < 1.29 is 17.9 Å². The van der Waals surface area contributed by atoms with Crippen LogP contribution in [0.1, 0.15) is 12.5 Å². The second kappa shape index (κ2) is 6.33. The number of pyridine rings is 1. The lowest BCUT2D eigenvalue weighted by atomic mass is 10.0. The lowest BCUT2D eigenvalue weighted by Crippen LogP contribution is -2.45. The summed E-state index contributed by atoms with van der Waals surface area (Å²) in [6.07, 6.45) is 0.346. The molecule has 0 aliphatic carbocycles. The molecular weight excluding hydrogens is 307 g/mol. The van der Waals surface area contributed by atoms with Crippen LogP contribution in [0.25, 0.3) is 0 Å². The summed E-state index contributed by atoms with van der Waals surface area (Å²) in [4.78, 5) is 5.92. The van der Waals surface area contributed by atoms with Crippen LogP contribution in [0.2, 0.25) is 0 Å². The number of hydrogen-bond donors (Lipinski definition) is 1. The molecule has 0 bridgehead atoms. The molecule has 1 N–H and O–H groups in total. The van der Waals surface area contributed by atoms with E-state index in [1.165, 1.54) is 6.07 Å². The predicted molar refractivity (Wildman–Crippen MR) is 81.0 cm³/mol. The third-order valence-electron chi connectivity index (χ3n) is 3.93. The minimum absolute atomic E-state index is 0.127. The number of nitrogens with one attached hydrogen (secondary N) is 1. The first kappa shape index (κ1) is 16.0. The normalized spacial score (nSPS) is 22.6. The fourth-order valence-corrected chi connectivity index (χ4v) is 2.83. The first-order chi connectivity index (χ1) is 11.0. The van der Waals surface area contributed by atoms with Gasteiger partial charge in [0.05, 0.1) is 17.9 Å². The van der Waals surface area contributed by atoms with Crippen molar-refractivity contribution in [2.45, 2.75) is 19.2 Å². The SMILES string of the molecule is CC1=C(C2CNCCO2)N(c2ccc(C(F)(F)F)cn2)CC=C1. The lowest BCUT2D eigenvalue weighted by molar-refractivity contribution is -0.137. The third kappa shape index (κ3) is 3.40. The molecule has 23 heavy (non-hydrogen) atoms. The van der Waals surface area contributed by atoms with Gasteiger partial charge in [0, 0.05) is 25.8 Å². The molecule has 0 radical (unpaired) electrons. The van der Waals surface area contributed by atoms with E-state index < -0.39 is 11.7 Å². The molecule has 0 amide bonds. The van der Waals surface area contributed by atoms with Crippen molar-refractivity contribution in [2.24, 2.45) is 0 Å². The Balaban J connectivity index is 1.89.